The van der Waals surface area contributed by atoms with E-state index in [1.807, 2.05) is 13.0 Å². The lowest BCUT2D eigenvalue weighted by Crippen LogP contribution is -2.34. The standard InChI is InChI=1S/C21H24FNO6/c1-5-23(12-14-6-8-18(27-3)19(10-14)28-4)20(24)13-29-21(25)15-7-9-17(26-2)16(22)11-15/h6-11H,5,12-13H2,1-4H3. The minimum Gasteiger partial charge on any atom is -0.494 e. The number of halogens is 1. The number of benzene rings is 2. The third-order valence-corrected chi connectivity index (χ3v) is 4.27. The average molecular weight is 405 g/mol. The predicted octanol–water partition coefficient (Wildman–Crippen LogP) is 3.06. The summed E-state index contributed by atoms with van der Waals surface area (Å²) < 4.78 is 34.0. The molecule has 0 aliphatic rings. The Labute approximate surface area is 168 Å². The highest BCUT2D eigenvalue weighted by atomic mass is 19.1. The molecule has 7 nitrogen and oxygen atoms in total. The molecule has 0 N–H and O–H groups in total. The third-order valence-electron chi connectivity index (χ3n) is 4.27. The second-order valence-electron chi connectivity index (χ2n) is 6.02. The van der Waals surface area contributed by atoms with E-state index in [-0.39, 0.29) is 17.2 Å². The molecular weight excluding hydrogens is 381 g/mol. The van der Waals surface area contributed by atoms with Gasteiger partial charge in [-0.15, -0.1) is 0 Å². The lowest BCUT2D eigenvalue weighted by atomic mass is 10.2. The quantitative estimate of drug-likeness (QED) is 0.597. The van der Waals surface area contributed by atoms with Gasteiger partial charge in [-0.05, 0) is 42.8 Å². The Morgan fingerprint density at radius 2 is 1.59 bits per heavy atom. The number of hydrogen-bond donors (Lipinski definition) is 0. The summed E-state index contributed by atoms with van der Waals surface area (Å²) in [7, 11) is 4.40. The Bertz CT molecular complexity index is 870. The first-order chi connectivity index (χ1) is 13.9. The van der Waals surface area contributed by atoms with Gasteiger partial charge in [0.15, 0.2) is 29.7 Å². The Morgan fingerprint density at radius 1 is 0.931 bits per heavy atom. The van der Waals surface area contributed by atoms with Crippen LogP contribution in [0.2, 0.25) is 0 Å². The highest BCUT2D eigenvalue weighted by molar-refractivity contribution is 5.91. The van der Waals surface area contributed by atoms with E-state index in [4.69, 9.17) is 18.9 Å². The van der Waals surface area contributed by atoms with Gasteiger partial charge in [0, 0.05) is 13.1 Å². The van der Waals surface area contributed by atoms with E-state index in [9.17, 15) is 14.0 Å². The molecule has 156 valence electrons. The number of rotatable bonds is 9. The van der Waals surface area contributed by atoms with Crippen LogP contribution in [0.25, 0.3) is 0 Å². The van der Waals surface area contributed by atoms with Gasteiger partial charge in [-0.2, -0.15) is 0 Å². The van der Waals surface area contributed by atoms with Crippen LogP contribution in [0.4, 0.5) is 4.39 Å². The summed E-state index contributed by atoms with van der Waals surface area (Å²) in [6.07, 6.45) is 0. The van der Waals surface area contributed by atoms with E-state index in [0.29, 0.717) is 24.6 Å². The number of amides is 1. The van der Waals surface area contributed by atoms with Crippen molar-refractivity contribution in [3.05, 3.63) is 53.3 Å². The number of nitrogens with zero attached hydrogens (tertiary/aromatic N) is 1. The summed E-state index contributed by atoms with van der Waals surface area (Å²) in [5.41, 5.74) is 0.834. The third kappa shape index (κ3) is 5.60. The highest BCUT2D eigenvalue weighted by Gasteiger charge is 2.17. The van der Waals surface area contributed by atoms with Crippen LogP contribution in [0.1, 0.15) is 22.8 Å². The second kappa shape index (κ2) is 10.3. The van der Waals surface area contributed by atoms with Gasteiger partial charge in [-0.3, -0.25) is 4.79 Å². The molecule has 0 spiro atoms. The van der Waals surface area contributed by atoms with Crippen molar-refractivity contribution in [2.75, 3.05) is 34.5 Å². The van der Waals surface area contributed by atoms with Crippen LogP contribution in [0.15, 0.2) is 36.4 Å². The summed E-state index contributed by atoms with van der Waals surface area (Å²) in [5.74, 6) is -0.680. The molecule has 0 aliphatic heterocycles. The zero-order chi connectivity index (χ0) is 21.4. The van der Waals surface area contributed by atoms with E-state index in [1.165, 1.54) is 31.3 Å². The molecule has 0 saturated heterocycles. The van der Waals surface area contributed by atoms with Crippen LogP contribution < -0.4 is 14.2 Å². The molecule has 0 aromatic heterocycles. The van der Waals surface area contributed by atoms with Crippen LogP contribution in [-0.2, 0) is 16.1 Å². The summed E-state index contributed by atoms with van der Waals surface area (Å²) in [6, 6.07) is 9.06. The first-order valence-electron chi connectivity index (χ1n) is 8.92. The number of carbonyl (C=O) groups is 2. The molecule has 0 fully saturated rings. The van der Waals surface area contributed by atoms with E-state index >= 15 is 0 Å². The fourth-order valence-corrected chi connectivity index (χ4v) is 2.67. The van der Waals surface area contributed by atoms with E-state index < -0.39 is 18.4 Å². The van der Waals surface area contributed by atoms with Crippen LogP contribution >= 0.6 is 0 Å². The summed E-state index contributed by atoms with van der Waals surface area (Å²) in [4.78, 5) is 26.1. The summed E-state index contributed by atoms with van der Waals surface area (Å²) in [6.45, 7) is 2.10. The van der Waals surface area contributed by atoms with Crippen molar-refractivity contribution < 1.29 is 32.9 Å². The first kappa shape index (κ1) is 22.0. The van der Waals surface area contributed by atoms with Gasteiger partial charge in [-0.25, -0.2) is 9.18 Å². The van der Waals surface area contributed by atoms with E-state index in [0.717, 1.165) is 11.6 Å². The van der Waals surface area contributed by atoms with Gasteiger partial charge in [0.25, 0.3) is 5.91 Å². The maximum absolute atomic E-state index is 13.7. The molecule has 0 unspecified atom stereocenters. The molecule has 1 amide bonds. The zero-order valence-corrected chi connectivity index (χ0v) is 16.9. The van der Waals surface area contributed by atoms with E-state index in [1.54, 1.807) is 19.2 Å². The molecule has 2 rings (SSSR count). The largest absolute Gasteiger partial charge is 0.494 e. The lowest BCUT2D eigenvalue weighted by Gasteiger charge is -2.21. The number of carbonyl (C=O) groups excluding carboxylic acids is 2. The minimum atomic E-state index is -0.790. The van der Waals surface area contributed by atoms with E-state index in [2.05, 4.69) is 0 Å². The summed E-state index contributed by atoms with van der Waals surface area (Å²) >= 11 is 0. The molecule has 29 heavy (non-hydrogen) atoms. The maximum atomic E-state index is 13.7. The molecule has 0 radical (unpaired) electrons. The number of methoxy groups -OCH3 is 3. The van der Waals surface area contributed by atoms with Crippen LogP contribution in [0.5, 0.6) is 17.2 Å². The SMILES string of the molecule is CCN(Cc1ccc(OC)c(OC)c1)C(=O)COC(=O)c1ccc(OC)c(F)c1. The Morgan fingerprint density at radius 3 is 2.17 bits per heavy atom. The summed E-state index contributed by atoms with van der Waals surface area (Å²) in [5, 5.41) is 0. The smallest absolute Gasteiger partial charge is 0.338 e. The monoisotopic (exact) mass is 405 g/mol. The fraction of sp³-hybridized carbons (Fsp3) is 0.333. The second-order valence-corrected chi connectivity index (χ2v) is 6.02. The number of ether oxygens (including phenoxy) is 4. The molecule has 8 heteroatoms. The maximum Gasteiger partial charge on any atom is 0.338 e. The predicted molar refractivity (Wildman–Crippen MR) is 104 cm³/mol. The molecular formula is C21H24FNO6. The van der Waals surface area contributed by atoms with Crippen LogP contribution in [0.3, 0.4) is 0 Å². The molecule has 0 heterocycles. The van der Waals surface area contributed by atoms with Crippen molar-refractivity contribution in [1.29, 1.82) is 0 Å². The molecule has 2 aromatic rings. The Kier molecular flexibility index (Phi) is 7.82. The highest BCUT2D eigenvalue weighted by Crippen LogP contribution is 2.28. The number of hydrogen-bond acceptors (Lipinski definition) is 6. The van der Waals surface area contributed by atoms with Crippen molar-refractivity contribution >= 4 is 11.9 Å². The van der Waals surface area contributed by atoms with Gasteiger partial charge in [0.2, 0.25) is 0 Å². The molecule has 2 aromatic carbocycles. The average Bonchev–Trinajstić information content (AvgIpc) is 2.75. The van der Waals surface area contributed by atoms with Gasteiger partial charge >= 0.3 is 5.97 Å². The fourth-order valence-electron chi connectivity index (χ4n) is 2.67. The minimum absolute atomic E-state index is 0.000890. The van der Waals surface area contributed by atoms with Gasteiger partial charge in [0.05, 0.1) is 26.9 Å². The Balaban J connectivity index is 1.99. The van der Waals surface area contributed by atoms with Crippen molar-refractivity contribution in [2.24, 2.45) is 0 Å². The van der Waals surface area contributed by atoms with Crippen molar-refractivity contribution in [3.63, 3.8) is 0 Å². The number of esters is 1. The topological polar surface area (TPSA) is 74.3 Å². The number of likely N-dealkylation sites (N-methyl/N-ethyl adjacent to an activating group) is 1. The molecule has 0 atom stereocenters. The van der Waals surface area contributed by atoms with Crippen molar-refractivity contribution in [3.8, 4) is 17.2 Å². The molecule has 0 bridgehead atoms. The van der Waals surface area contributed by atoms with Gasteiger partial charge in [0.1, 0.15) is 0 Å². The van der Waals surface area contributed by atoms with Crippen molar-refractivity contribution in [2.45, 2.75) is 13.5 Å². The van der Waals surface area contributed by atoms with Crippen molar-refractivity contribution in [1.82, 2.24) is 4.90 Å². The van der Waals surface area contributed by atoms with Gasteiger partial charge in [-0.1, -0.05) is 6.07 Å². The van der Waals surface area contributed by atoms with Crippen LogP contribution in [0, 0.1) is 5.82 Å². The van der Waals surface area contributed by atoms with Gasteiger partial charge < -0.3 is 23.8 Å². The normalized spacial score (nSPS) is 10.2. The zero-order valence-electron chi connectivity index (χ0n) is 16.9. The van der Waals surface area contributed by atoms with Crippen LogP contribution in [-0.4, -0.2) is 51.3 Å². The lowest BCUT2D eigenvalue weighted by molar-refractivity contribution is -0.134. The first-order valence-corrected chi connectivity index (χ1v) is 8.92. The molecule has 0 saturated carbocycles. The Hall–Kier alpha value is -3.29. The molecule has 0 aliphatic carbocycles.